The van der Waals surface area contributed by atoms with Crippen molar-refractivity contribution < 1.29 is 9.47 Å². The Morgan fingerprint density at radius 1 is 0.714 bits per heavy atom. The SMILES string of the molecule is C=COCCCCCCCCCCOc1ccc(-c2ccc(C#N)cc2)cc1. The molecule has 0 aliphatic heterocycles. The molecule has 0 spiro atoms. The lowest BCUT2D eigenvalue weighted by Crippen LogP contribution is -1.97. The van der Waals surface area contributed by atoms with Gasteiger partial charge >= 0.3 is 0 Å². The van der Waals surface area contributed by atoms with Crippen molar-refractivity contribution >= 4 is 0 Å². The summed E-state index contributed by atoms with van der Waals surface area (Å²) in [4.78, 5) is 0. The van der Waals surface area contributed by atoms with Gasteiger partial charge in [-0.25, -0.2) is 0 Å². The lowest BCUT2D eigenvalue weighted by molar-refractivity contribution is 0.241. The molecule has 0 radical (unpaired) electrons. The van der Waals surface area contributed by atoms with Gasteiger partial charge in [-0.05, 0) is 48.2 Å². The van der Waals surface area contributed by atoms with E-state index < -0.39 is 0 Å². The molecule has 0 heterocycles. The molecule has 0 bridgehead atoms. The summed E-state index contributed by atoms with van der Waals surface area (Å²) in [6, 6.07) is 18.0. The molecule has 0 saturated heterocycles. The molecule has 0 amide bonds. The van der Waals surface area contributed by atoms with Crippen molar-refractivity contribution in [2.45, 2.75) is 51.4 Å². The van der Waals surface area contributed by atoms with Crippen LogP contribution in [-0.4, -0.2) is 13.2 Å². The molecule has 0 aliphatic carbocycles. The Labute approximate surface area is 169 Å². The van der Waals surface area contributed by atoms with Crippen molar-refractivity contribution in [1.29, 1.82) is 5.26 Å². The Kier molecular flexibility index (Phi) is 10.4. The number of nitrogens with zero attached hydrogens (tertiary/aromatic N) is 1. The predicted molar refractivity (Wildman–Crippen MR) is 115 cm³/mol. The lowest BCUT2D eigenvalue weighted by atomic mass is 10.0. The molecule has 2 aromatic carbocycles. The van der Waals surface area contributed by atoms with E-state index in [0.29, 0.717) is 5.56 Å². The van der Waals surface area contributed by atoms with Gasteiger partial charge < -0.3 is 9.47 Å². The maximum atomic E-state index is 8.87. The standard InChI is InChI=1S/C25H31NO2/c1-2-27-19-9-7-5-3-4-6-8-10-20-28-25-17-15-24(16-18-25)23-13-11-22(21-26)12-14-23/h2,11-18H,1,3-10,19-20H2. The van der Waals surface area contributed by atoms with Gasteiger partial charge in [-0.1, -0.05) is 69.4 Å². The molecular formula is C25H31NO2. The highest BCUT2D eigenvalue weighted by Crippen LogP contribution is 2.23. The number of nitriles is 1. The van der Waals surface area contributed by atoms with E-state index in [1.54, 1.807) is 0 Å². The fraction of sp³-hybridized carbons (Fsp3) is 0.400. The molecule has 0 aromatic heterocycles. The summed E-state index contributed by atoms with van der Waals surface area (Å²) in [6.07, 6.45) is 11.4. The average molecular weight is 378 g/mol. The van der Waals surface area contributed by atoms with Crippen LogP contribution in [0.1, 0.15) is 56.9 Å². The smallest absolute Gasteiger partial charge is 0.119 e. The van der Waals surface area contributed by atoms with E-state index in [0.717, 1.165) is 42.9 Å². The Hall–Kier alpha value is -2.73. The van der Waals surface area contributed by atoms with Crippen molar-refractivity contribution in [1.82, 2.24) is 0 Å². The van der Waals surface area contributed by atoms with E-state index in [4.69, 9.17) is 14.7 Å². The molecule has 3 heteroatoms. The van der Waals surface area contributed by atoms with Gasteiger partial charge in [0.25, 0.3) is 0 Å². The number of unbranched alkanes of at least 4 members (excludes halogenated alkanes) is 7. The summed E-state index contributed by atoms with van der Waals surface area (Å²) in [5, 5.41) is 8.87. The number of rotatable bonds is 14. The van der Waals surface area contributed by atoms with Crippen LogP contribution in [0, 0.1) is 11.3 Å². The van der Waals surface area contributed by atoms with Crippen molar-refractivity contribution in [3.63, 3.8) is 0 Å². The summed E-state index contributed by atoms with van der Waals surface area (Å²) in [7, 11) is 0. The van der Waals surface area contributed by atoms with E-state index in [9.17, 15) is 0 Å². The van der Waals surface area contributed by atoms with Gasteiger partial charge in [0.05, 0.1) is 31.1 Å². The molecule has 148 valence electrons. The van der Waals surface area contributed by atoms with Gasteiger partial charge in [0.2, 0.25) is 0 Å². The monoisotopic (exact) mass is 377 g/mol. The molecule has 0 atom stereocenters. The molecule has 0 fully saturated rings. The van der Waals surface area contributed by atoms with Crippen LogP contribution in [0.25, 0.3) is 11.1 Å². The van der Waals surface area contributed by atoms with E-state index in [-0.39, 0.29) is 0 Å². The first-order chi connectivity index (χ1) is 13.8. The second-order valence-electron chi connectivity index (χ2n) is 6.93. The summed E-state index contributed by atoms with van der Waals surface area (Å²) in [6.45, 7) is 5.12. The maximum absolute atomic E-state index is 8.87. The Morgan fingerprint density at radius 3 is 1.75 bits per heavy atom. The zero-order valence-electron chi connectivity index (χ0n) is 16.7. The van der Waals surface area contributed by atoms with Crippen molar-refractivity contribution in [3.8, 4) is 22.9 Å². The number of benzene rings is 2. The van der Waals surface area contributed by atoms with Gasteiger partial charge in [-0.15, -0.1) is 0 Å². The van der Waals surface area contributed by atoms with Gasteiger partial charge in [-0.3, -0.25) is 0 Å². The molecule has 28 heavy (non-hydrogen) atoms. The third-order valence-electron chi connectivity index (χ3n) is 4.74. The lowest BCUT2D eigenvalue weighted by Gasteiger charge is -2.08. The second-order valence-corrected chi connectivity index (χ2v) is 6.93. The molecule has 0 saturated carbocycles. The van der Waals surface area contributed by atoms with E-state index >= 15 is 0 Å². The zero-order chi connectivity index (χ0) is 19.9. The maximum Gasteiger partial charge on any atom is 0.119 e. The highest BCUT2D eigenvalue weighted by atomic mass is 16.5. The topological polar surface area (TPSA) is 42.2 Å². The molecule has 0 N–H and O–H groups in total. The zero-order valence-corrected chi connectivity index (χ0v) is 16.7. The predicted octanol–water partition coefficient (Wildman–Crippen LogP) is 6.88. The third kappa shape index (κ3) is 8.31. The van der Waals surface area contributed by atoms with Crippen molar-refractivity contribution in [2.75, 3.05) is 13.2 Å². The summed E-state index contributed by atoms with van der Waals surface area (Å²) < 4.78 is 11.0. The fourth-order valence-electron chi connectivity index (χ4n) is 3.10. The average Bonchev–Trinajstić information content (AvgIpc) is 2.75. The van der Waals surface area contributed by atoms with Crippen LogP contribution in [0.2, 0.25) is 0 Å². The van der Waals surface area contributed by atoms with Crippen molar-refractivity contribution in [3.05, 3.63) is 66.9 Å². The Morgan fingerprint density at radius 2 is 1.21 bits per heavy atom. The van der Waals surface area contributed by atoms with Crippen LogP contribution in [0.15, 0.2) is 61.4 Å². The molecule has 0 unspecified atom stereocenters. The molecular weight excluding hydrogens is 346 g/mol. The van der Waals surface area contributed by atoms with Crippen LogP contribution in [-0.2, 0) is 4.74 Å². The first-order valence-electron chi connectivity index (χ1n) is 10.3. The van der Waals surface area contributed by atoms with Crippen molar-refractivity contribution in [2.24, 2.45) is 0 Å². The quantitative estimate of drug-likeness (QED) is 0.266. The molecule has 2 rings (SSSR count). The van der Waals surface area contributed by atoms with Gasteiger partial charge in [0.1, 0.15) is 5.75 Å². The second kappa shape index (κ2) is 13.4. The van der Waals surface area contributed by atoms with Crippen LogP contribution >= 0.6 is 0 Å². The summed E-state index contributed by atoms with van der Waals surface area (Å²) in [5.74, 6) is 0.916. The Bertz CT molecular complexity index is 714. The fourth-order valence-corrected chi connectivity index (χ4v) is 3.10. The minimum Gasteiger partial charge on any atom is -0.502 e. The minimum absolute atomic E-state index is 0.682. The first-order valence-corrected chi connectivity index (χ1v) is 10.3. The molecule has 3 nitrogen and oxygen atoms in total. The third-order valence-corrected chi connectivity index (χ3v) is 4.74. The first kappa shape index (κ1) is 21.6. The van der Waals surface area contributed by atoms with Crippen LogP contribution in [0.5, 0.6) is 5.75 Å². The van der Waals surface area contributed by atoms with Gasteiger partial charge in [0, 0.05) is 0 Å². The van der Waals surface area contributed by atoms with E-state index in [1.165, 1.54) is 44.8 Å². The number of hydrogen-bond acceptors (Lipinski definition) is 3. The van der Waals surface area contributed by atoms with Gasteiger partial charge in [0.15, 0.2) is 0 Å². The number of ether oxygens (including phenoxy) is 2. The van der Waals surface area contributed by atoms with E-state index in [2.05, 4.69) is 24.8 Å². The summed E-state index contributed by atoms with van der Waals surface area (Å²) in [5.41, 5.74) is 2.92. The largest absolute Gasteiger partial charge is 0.502 e. The highest BCUT2D eigenvalue weighted by Gasteiger charge is 2.00. The van der Waals surface area contributed by atoms with Crippen LogP contribution in [0.3, 0.4) is 0 Å². The normalized spacial score (nSPS) is 10.2. The molecule has 2 aromatic rings. The molecule has 0 aliphatic rings. The van der Waals surface area contributed by atoms with Crippen LogP contribution < -0.4 is 4.74 Å². The summed E-state index contributed by atoms with van der Waals surface area (Å²) >= 11 is 0. The van der Waals surface area contributed by atoms with E-state index in [1.807, 2.05) is 36.4 Å². The Balaban J connectivity index is 1.54. The van der Waals surface area contributed by atoms with Crippen LogP contribution in [0.4, 0.5) is 0 Å². The minimum atomic E-state index is 0.682. The highest BCUT2D eigenvalue weighted by molar-refractivity contribution is 5.64. The van der Waals surface area contributed by atoms with Gasteiger partial charge in [-0.2, -0.15) is 5.26 Å². The number of hydrogen-bond donors (Lipinski definition) is 0.